The number of halogens is 1. The lowest BCUT2D eigenvalue weighted by molar-refractivity contribution is -0.113. The number of rotatable bonds is 6. The molecule has 0 fully saturated rings. The van der Waals surface area contributed by atoms with Gasteiger partial charge in [-0.1, -0.05) is 42.1 Å². The van der Waals surface area contributed by atoms with Crippen molar-refractivity contribution in [3.05, 3.63) is 89.9 Å². The molecule has 5 aromatic rings. The predicted molar refractivity (Wildman–Crippen MR) is 134 cm³/mol. The van der Waals surface area contributed by atoms with Gasteiger partial charge in [0, 0.05) is 34.0 Å². The lowest BCUT2D eigenvalue weighted by Gasteiger charge is -2.11. The van der Waals surface area contributed by atoms with E-state index in [2.05, 4.69) is 20.5 Å². The zero-order chi connectivity index (χ0) is 23.7. The van der Waals surface area contributed by atoms with E-state index in [1.54, 1.807) is 12.1 Å². The number of aromatic nitrogens is 4. The second-order valence-corrected chi connectivity index (χ2v) is 8.96. The molecule has 2 aromatic heterocycles. The van der Waals surface area contributed by atoms with Crippen LogP contribution in [-0.4, -0.2) is 31.4 Å². The van der Waals surface area contributed by atoms with Gasteiger partial charge in [0.25, 0.3) is 0 Å². The lowest BCUT2D eigenvalue weighted by atomic mass is 10.1. The van der Waals surface area contributed by atoms with Gasteiger partial charge in [-0.3, -0.25) is 9.36 Å². The summed E-state index contributed by atoms with van der Waals surface area (Å²) in [6.45, 7) is 3.95. The maximum atomic E-state index is 13.6. The predicted octanol–water partition coefficient (Wildman–Crippen LogP) is 5.90. The van der Waals surface area contributed by atoms with Crippen LogP contribution in [0.3, 0.4) is 0 Å². The smallest absolute Gasteiger partial charge is 0.234 e. The zero-order valence-corrected chi connectivity index (χ0v) is 19.5. The van der Waals surface area contributed by atoms with Gasteiger partial charge in [0.2, 0.25) is 5.91 Å². The fraction of sp³-hybridized carbons (Fsp3) is 0.115. The SMILES string of the molecule is Cc1ccc(C)c(NC(=O)CSc2nnc(-c3c[nH]c4ccccc34)n2-c2ccc(F)cc2)c1. The first-order chi connectivity index (χ1) is 16.5. The Morgan fingerprint density at radius 3 is 2.68 bits per heavy atom. The van der Waals surface area contributed by atoms with E-state index in [0.717, 1.165) is 33.3 Å². The standard InChI is InChI=1S/C26H22FN5OS/c1-16-7-8-17(2)23(13-16)29-24(33)15-34-26-31-30-25(32(26)19-11-9-18(27)10-12-19)21-14-28-22-6-4-3-5-20(21)22/h3-14,28H,15H2,1-2H3,(H,29,33). The van der Waals surface area contributed by atoms with E-state index in [1.165, 1.54) is 23.9 Å². The van der Waals surface area contributed by atoms with E-state index < -0.39 is 0 Å². The summed E-state index contributed by atoms with van der Waals surface area (Å²) in [7, 11) is 0. The molecule has 5 rings (SSSR count). The molecule has 8 heteroatoms. The van der Waals surface area contributed by atoms with Crippen LogP contribution in [0.4, 0.5) is 10.1 Å². The quantitative estimate of drug-likeness (QED) is 0.302. The molecule has 0 saturated heterocycles. The second-order valence-electron chi connectivity index (χ2n) is 8.02. The number of carbonyl (C=O) groups excluding carboxylic acids is 1. The topological polar surface area (TPSA) is 75.6 Å². The molecule has 6 nitrogen and oxygen atoms in total. The molecule has 2 N–H and O–H groups in total. The number of carbonyl (C=O) groups is 1. The fourth-order valence-electron chi connectivity index (χ4n) is 3.80. The molecule has 0 atom stereocenters. The number of anilines is 1. The van der Waals surface area contributed by atoms with E-state index >= 15 is 0 Å². The minimum absolute atomic E-state index is 0.138. The average molecular weight is 472 g/mol. The van der Waals surface area contributed by atoms with E-state index in [1.807, 2.05) is 67.1 Å². The Balaban J connectivity index is 1.47. The Kier molecular flexibility index (Phi) is 5.90. The summed E-state index contributed by atoms with van der Waals surface area (Å²) in [5.74, 6) is 0.302. The van der Waals surface area contributed by atoms with Crippen LogP contribution < -0.4 is 5.32 Å². The van der Waals surface area contributed by atoms with Crippen molar-refractivity contribution in [3.63, 3.8) is 0 Å². The highest BCUT2D eigenvalue weighted by molar-refractivity contribution is 7.99. The molecular formula is C26H22FN5OS. The highest BCUT2D eigenvalue weighted by Gasteiger charge is 2.20. The molecule has 3 aromatic carbocycles. The van der Waals surface area contributed by atoms with Crippen LogP contribution in [0.5, 0.6) is 0 Å². The summed E-state index contributed by atoms with van der Waals surface area (Å²) in [6, 6.07) is 20.0. The normalized spacial score (nSPS) is 11.1. The number of nitrogens with zero attached hydrogens (tertiary/aromatic N) is 3. The van der Waals surface area contributed by atoms with Gasteiger partial charge in [-0.25, -0.2) is 4.39 Å². The maximum Gasteiger partial charge on any atom is 0.234 e. The number of hydrogen-bond acceptors (Lipinski definition) is 4. The summed E-state index contributed by atoms with van der Waals surface area (Å²) in [6.07, 6.45) is 1.89. The third-order valence-corrected chi connectivity index (χ3v) is 6.48. The van der Waals surface area contributed by atoms with Crippen LogP contribution in [0, 0.1) is 19.7 Å². The Morgan fingerprint density at radius 2 is 1.85 bits per heavy atom. The molecular weight excluding hydrogens is 449 g/mol. The number of aromatic amines is 1. The maximum absolute atomic E-state index is 13.6. The lowest BCUT2D eigenvalue weighted by Crippen LogP contribution is -2.15. The van der Waals surface area contributed by atoms with Crippen LogP contribution in [0.1, 0.15) is 11.1 Å². The van der Waals surface area contributed by atoms with E-state index in [9.17, 15) is 9.18 Å². The minimum atomic E-state index is -0.326. The van der Waals surface area contributed by atoms with Crippen molar-refractivity contribution in [1.29, 1.82) is 0 Å². The van der Waals surface area contributed by atoms with Crippen molar-refractivity contribution in [2.24, 2.45) is 0 Å². The number of aryl methyl sites for hydroxylation is 2. The van der Waals surface area contributed by atoms with Gasteiger partial charge in [-0.2, -0.15) is 0 Å². The Morgan fingerprint density at radius 1 is 1.06 bits per heavy atom. The van der Waals surface area contributed by atoms with Gasteiger partial charge in [-0.15, -0.1) is 10.2 Å². The molecule has 0 aliphatic carbocycles. The monoisotopic (exact) mass is 471 g/mol. The molecule has 0 aliphatic heterocycles. The van der Waals surface area contributed by atoms with Crippen LogP contribution in [-0.2, 0) is 4.79 Å². The van der Waals surface area contributed by atoms with Crippen LogP contribution in [0.25, 0.3) is 28.0 Å². The molecule has 2 heterocycles. The Labute approximate surface area is 200 Å². The third kappa shape index (κ3) is 4.32. The third-order valence-electron chi connectivity index (χ3n) is 5.55. The molecule has 1 amide bonds. The van der Waals surface area contributed by atoms with Gasteiger partial charge in [0.15, 0.2) is 11.0 Å². The number of hydrogen-bond donors (Lipinski definition) is 2. The molecule has 0 aliphatic rings. The second kappa shape index (κ2) is 9.15. The summed E-state index contributed by atoms with van der Waals surface area (Å²) < 4.78 is 15.5. The van der Waals surface area contributed by atoms with E-state index in [-0.39, 0.29) is 17.5 Å². The number of H-pyrrole nitrogens is 1. The summed E-state index contributed by atoms with van der Waals surface area (Å²) in [4.78, 5) is 16.0. The molecule has 0 bridgehead atoms. The molecule has 0 saturated carbocycles. The van der Waals surface area contributed by atoms with Crippen molar-refractivity contribution in [1.82, 2.24) is 19.7 Å². The molecule has 170 valence electrons. The van der Waals surface area contributed by atoms with Crippen molar-refractivity contribution < 1.29 is 9.18 Å². The first kappa shape index (κ1) is 21.9. The number of thioether (sulfide) groups is 1. The molecule has 0 spiro atoms. The zero-order valence-electron chi connectivity index (χ0n) is 18.7. The summed E-state index contributed by atoms with van der Waals surface area (Å²) >= 11 is 1.28. The number of amides is 1. The van der Waals surface area contributed by atoms with Gasteiger partial charge >= 0.3 is 0 Å². The molecule has 0 radical (unpaired) electrons. The van der Waals surface area contributed by atoms with Crippen molar-refractivity contribution in [2.45, 2.75) is 19.0 Å². The van der Waals surface area contributed by atoms with Crippen molar-refractivity contribution in [3.8, 4) is 17.1 Å². The number of fused-ring (bicyclic) bond motifs is 1. The highest BCUT2D eigenvalue weighted by atomic mass is 32.2. The van der Waals surface area contributed by atoms with Crippen molar-refractivity contribution in [2.75, 3.05) is 11.1 Å². The van der Waals surface area contributed by atoms with Crippen LogP contribution in [0.2, 0.25) is 0 Å². The first-order valence-corrected chi connectivity index (χ1v) is 11.8. The van der Waals surface area contributed by atoms with Gasteiger partial charge in [0.05, 0.1) is 5.75 Å². The van der Waals surface area contributed by atoms with Crippen LogP contribution >= 0.6 is 11.8 Å². The average Bonchev–Trinajstić information content (AvgIpc) is 3.44. The Hall–Kier alpha value is -3.91. The van der Waals surface area contributed by atoms with Crippen LogP contribution in [0.15, 0.2) is 78.1 Å². The fourth-order valence-corrected chi connectivity index (χ4v) is 4.56. The Bertz CT molecular complexity index is 1490. The number of nitrogens with one attached hydrogen (secondary N) is 2. The van der Waals surface area contributed by atoms with Gasteiger partial charge in [0.1, 0.15) is 5.82 Å². The molecule has 34 heavy (non-hydrogen) atoms. The number of para-hydroxylation sites is 1. The largest absolute Gasteiger partial charge is 0.360 e. The first-order valence-electron chi connectivity index (χ1n) is 10.8. The summed E-state index contributed by atoms with van der Waals surface area (Å²) in [5, 5.41) is 13.3. The minimum Gasteiger partial charge on any atom is -0.360 e. The highest BCUT2D eigenvalue weighted by Crippen LogP contribution is 2.32. The van der Waals surface area contributed by atoms with Gasteiger partial charge in [-0.05, 0) is 61.4 Å². The summed E-state index contributed by atoms with van der Waals surface area (Å²) in [5.41, 5.74) is 5.44. The van der Waals surface area contributed by atoms with Crippen molar-refractivity contribution >= 4 is 34.3 Å². The van der Waals surface area contributed by atoms with E-state index in [4.69, 9.17) is 0 Å². The molecule has 0 unspecified atom stereocenters. The number of benzene rings is 3. The van der Waals surface area contributed by atoms with Gasteiger partial charge < -0.3 is 10.3 Å². The van der Waals surface area contributed by atoms with E-state index in [0.29, 0.717) is 16.7 Å².